The normalized spacial score (nSPS) is 26.5. The predicted octanol–water partition coefficient (Wildman–Crippen LogP) is 3.06. The third kappa shape index (κ3) is 3.50. The van der Waals surface area contributed by atoms with Crippen LogP contribution >= 0.6 is 22.6 Å². The average molecular weight is 509 g/mol. The molecule has 2 aromatic carbocycles. The van der Waals surface area contributed by atoms with E-state index < -0.39 is 28.3 Å². The third-order valence-electron chi connectivity index (χ3n) is 5.33. The van der Waals surface area contributed by atoms with Gasteiger partial charge < -0.3 is 9.64 Å². The molecule has 2 aromatic rings. The maximum atomic E-state index is 13.3. The number of β-lactam (4-membered cyclic amide) rings is 1. The Kier molecular flexibility index (Phi) is 5.55. The second-order valence-corrected chi connectivity index (χ2v) is 9.58. The molecule has 4 rings (SSSR count). The van der Waals surface area contributed by atoms with Crippen LogP contribution in [0.5, 0.6) is 0 Å². The fraction of sp³-hybridized carbons (Fsp3) is 0.333. The zero-order valence-electron chi connectivity index (χ0n) is 15.1. The molecule has 2 aliphatic rings. The van der Waals surface area contributed by atoms with Gasteiger partial charge in [-0.25, -0.2) is 0 Å². The number of rotatable bonds is 5. The number of ether oxygens (including phenoxy) is 1. The van der Waals surface area contributed by atoms with E-state index in [9.17, 15) is 13.8 Å². The fourth-order valence-corrected chi connectivity index (χ4v) is 6.71. The number of benzene rings is 2. The molecule has 0 radical (unpaired) electrons. The minimum absolute atomic E-state index is 0.0391. The van der Waals surface area contributed by atoms with Crippen LogP contribution in [0.4, 0.5) is 0 Å². The van der Waals surface area contributed by atoms with Crippen molar-refractivity contribution in [1.82, 2.24) is 4.90 Å². The Morgan fingerprint density at radius 2 is 1.71 bits per heavy atom. The van der Waals surface area contributed by atoms with Crippen LogP contribution in [0.25, 0.3) is 0 Å². The quantitative estimate of drug-likeness (QED) is 0.269. The Morgan fingerprint density at radius 3 is 2.21 bits per heavy atom. The molecule has 0 aromatic heterocycles. The monoisotopic (exact) mass is 509 g/mol. The molecule has 0 N–H and O–H groups in total. The number of carbonyl (C=O) groups excluding carboxylic acids is 2. The maximum absolute atomic E-state index is 13.3. The van der Waals surface area contributed by atoms with Gasteiger partial charge in [-0.2, -0.15) is 0 Å². The van der Waals surface area contributed by atoms with E-state index in [2.05, 4.69) is 22.6 Å². The Hall–Kier alpha value is -1.74. The van der Waals surface area contributed by atoms with Gasteiger partial charge in [-0.05, 0) is 11.1 Å². The van der Waals surface area contributed by atoms with Gasteiger partial charge in [0.05, 0.1) is 6.42 Å². The Labute approximate surface area is 180 Å². The topological polar surface area (TPSA) is 63.7 Å². The highest BCUT2D eigenvalue weighted by molar-refractivity contribution is 14.1. The lowest BCUT2D eigenvalue weighted by atomic mass is 9.90. The molecule has 0 aliphatic carbocycles. The Balaban J connectivity index is 1.63. The minimum Gasteiger partial charge on any atom is -0.452 e. The smallest absolute Gasteiger partial charge is 0.316 e. The molecule has 0 bridgehead atoms. The van der Waals surface area contributed by atoms with Crippen molar-refractivity contribution in [3.8, 4) is 0 Å². The number of alkyl halides is 1. The number of nitrogens with zero attached hydrogens (tertiary/aromatic N) is 1. The van der Waals surface area contributed by atoms with E-state index >= 15 is 0 Å². The molecular formula is C21H20INO4S. The second kappa shape index (κ2) is 7.94. The molecular weight excluding hydrogens is 489 g/mol. The molecule has 28 heavy (non-hydrogen) atoms. The van der Waals surface area contributed by atoms with Crippen molar-refractivity contribution in [2.45, 2.75) is 17.9 Å². The lowest BCUT2D eigenvalue weighted by molar-refractivity contribution is -0.162. The molecule has 0 spiro atoms. The first-order valence-corrected chi connectivity index (χ1v) is 12.0. The van der Waals surface area contributed by atoms with Crippen LogP contribution in [0, 0.1) is 5.41 Å². The van der Waals surface area contributed by atoms with Crippen molar-refractivity contribution >= 4 is 45.3 Å². The highest BCUT2D eigenvalue weighted by Gasteiger charge is 2.55. The van der Waals surface area contributed by atoms with Crippen LogP contribution in [-0.2, 0) is 25.1 Å². The molecule has 3 atom stereocenters. The zero-order valence-corrected chi connectivity index (χ0v) is 18.1. The summed E-state index contributed by atoms with van der Waals surface area (Å²) in [6.45, 7) is 0.278. The summed E-state index contributed by atoms with van der Waals surface area (Å²) in [7, 11) is -1.24. The van der Waals surface area contributed by atoms with Gasteiger partial charge in [0.15, 0.2) is 6.10 Å². The molecule has 2 unspecified atom stereocenters. The number of esters is 1. The van der Waals surface area contributed by atoms with Crippen molar-refractivity contribution in [3.05, 3.63) is 71.8 Å². The summed E-state index contributed by atoms with van der Waals surface area (Å²) >= 11 is 2.14. The molecule has 2 aliphatic heterocycles. The lowest BCUT2D eigenvalue weighted by Gasteiger charge is -2.49. The van der Waals surface area contributed by atoms with Gasteiger partial charge in [0.25, 0.3) is 0 Å². The number of hydrogen-bond acceptors (Lipinski definition) is 4. The first-order chi connectivity index (χ1) is 13.5. The van der Waals surface area contributed by atoms with Crippen LogP contribution in [0.2, 0.25) is 0 Å². The van der Waals surface area contributed by atoms with E-state index in [-0.39, 0.29) is 23.6 Å². The van der Waals surface area contributed by atoms with Crippen LogP contribution in [0.15, 0.2) is 60.7 Å². The largest absolute Gasteiger partial charge is 0.452 e. The van der Waals surface area contributed by atoms with E-state index in [1.165, 1.54) is 0 Å². The number of halogens is 1. The summed E-state index contributed by atoms with van der Waals surface area (Å²) in [5.41, 5.74) is 0.806. The van der Waals surface area contributed by atoms with Gasteiger partial charge in [-0.15, -0.1) is 0 Å². The Bertz CT molecular complexity index is 868. The molecule has 7 heteroatoms. The molecule has 0 saturated carbocycles. The summed E-state index contributed by atoms with van der Waals surface area (Å²) in [4.78, 5) is 26.9. The van der Waals surface area contributed by atoms with Crippen molar-refractivity contribution < 1.29 is 18.5 Å². The summed E-state index contributed by atoms with van der Waals surface area (Å²) in [5.74, 6) is -0.201. The highest BCUT2D eigenvalue weighted by Crippen LogP contribution is 2.39. The summed E-state index contributed by atoms with van der Waals surface area (Å²) in [5, 5.41) is -0.240. The molecule has 2 heterocycles. The van der Waals surface area contributed by atoms with Crippen molar-refractivity contribution in [1.29, 1.82) is 0 Å². The first-order valence-electron chi connectivity index (χ1n) is 9.08. The SMILES string of the molecule is O=C1C[C@@H]2N1CC(CI)(C(=O)OC(c1ccccc1)c1ccccc1)CS2=O. The zero-order chi connectivity index (χ0) is 19.7. The molecule has 1 amide bonds. The van der Waals surface area contributed by atoms with E-state index in [4.69, 9.17) is 4.74 Å². The molecule has 5 nitrogen and oxygen atoms in total. The molecule has 146 valence electrons. The fourth-order valence-electron chi connectivity index (χ4n) is 3.67. The number of amides is 1. The van der Waals surface area contributed by atoms with Gasteiger partial charge >= 0.3 is 5.97 Å². The Morgan fingerprint density at radius 1 is 1.14 bits per heavy atom. The number of carbonyl (C=O) groups is 2. The summed E-state index contributed by atoms with van der Waals surface area (Å²) in [6, 6.07) is 19.2. The minimum atomic E-state index is -1.24. The van der Waals surface area contributed by atoms with Gasteiger partial charge in [-0.1, -0.05) is 83.3 Å². The van der Waals surface area contributed by atoms with E-state index in [1.54, 1.807) is 4.90 Å². The van der Waals surface area contributed by atoms with E-state index in [0.717, 1.165) is 11.1 Å². The van der Waals surface area contributed by atoms with Crippen LogP contribution in [-0.4, -0.2) is 43.1 Å². The van der Waals surface area contributed by atoms with Crippen LogP contribution < -0.4 is 0 Å². The van der Waals surface area contributed by atoms with Gasteiger partial charge in [0.1, 0.15) is 10.8 Å². The van der Waals surface area contributed by atoms with Gasteiger partial charge in [0.2, 0.25) is 5.91 Å². The van der Waals surface area contributed by atoms with Crippen molar-refractivity contribution in [2.75, 3.05) is 16.7 Å². The molecule has 2 saturated heterocycles. The highest BCUT2D eigenvalue weighted by atomic mass is 127. The first kappa shape index (κ1) is 19.6. The third-order valence-corrected chi connectivity index (χ3v) is 8.66. The second-order valence-electron chi connectivity index (χ2n) is 7.23. The van der Waals surface area contributed by atoms with Crippen molar-refractivity contribution in [3.63, 3.8) is 0 Å². The van der Waals surface area contributed by atoms with Crippen LogP contribution in [0.3, 0.4) is 0 Å². The summed E-state index contributed by atoms with van der Waals surface area (Å²) < 4.78 is 19.1. The van der Waals surface area contributed by atoms with E-state index in [1.807, 2.05) is 60.7 Å². The van der Waals surface area contributed by atoms with Crippen LogP contribution in [0.1, 0.15) is 23.7 Å². The number of fused-ring (bicyclic) bond motifs is 1. The van der Waals surface area contributed by atoms with E-state index in [0.29, 0.717) is 10.8 Å². The lowest BCUT2D eigenvalue weighted by Crippen LogP contribution is -2.66. The number of hydrogen-bond donors (Lipinski definition) is 0. The summed E-state index contributed by atoms with van der Waals surface area (Å²) in [6.07, 6.45) is -0.233. The standard InChI is InChI=1S/C21H20INO4S/c22-12-21(13-23-17(24)11-18(23)28(26)14-21)20(25)27-19(15-7-3-1-4-8-15)16-9-5-2-6-10-16/h1-10,18-19H,11-14H2/t18-,21?,28?/m1/s1. The molecule has 2 fully saturated rings. The maximum Gasteiger partial charge on any atom is 0.316 e. The predicted molar refractivity (Wildman–Crippen MR) is 115 cm³/mol. The van der Waals surface area contributed by atoms with Gasteiger partial charge in [-0.3, -0.25) is 13.8 Å². The van der Waals surface area contributed by atoms with Crippen molar-refractivity contribution in [2.24, 2.45) is 5.41 Å². The average Bonchev–Trinajstić information content (AvgIpc) is 2.73. The van der Waals surface area contributed by atoms with Gasteiger partial charge in [0, 0.05) is 27.5 Å².